The van der Waals surface area contributed by atoms with E-state index in [1.54, 1.807) is 26.3 Å². The van der Waals surface area contributed by atoms with E-state index in [0.29, 0.717) is 35.3 Å². The summed E-state index contributed by atoms with van der Waals surface area (Å²) in [6.07, 6.45) is 0. The van der Waals surface area contributed by atoms with Crippen LogP contribution in [0.3, 0.4) is 0 Å². The summed E-state index contributed by atoms with van der Waals surface area (Å²) in [6.45, 7) is 2.74. The van der Waals surface area contributed by atoms with E-state index in [9.17, 15) is 14.4 Å². The zero-order valence-corrected chi connectivity index (χ0v) is 22.3. The average molecular weight is 533 g/mol. The number of aryl methyl sites for hydroxylation is 1. The highest BCUT2D eigenvalue weighted by atomic mass is 32.2. The number of fused-ring (bicyclic) bond motifs is 1. The number of aromatic nitrogens is 4. The number of rotatable bonds is 6. The Morgan fingerprint density at radius 3 is 2.26 bits per heavy atom. The van der Waals surface area contributed by atoms with E-state index >= 15 is 0 Å². The van der Waals surface area contributed by atoms with E-state index in [0.717, 1.165) is 23.3 Å². The van der Waals surface area contributed by atoms with Gasteiger partial charge in [0.1, 0.15) is 16.2 Å². The van der Waals surface area contributed by atoms with Crippen LogP contribution in [0, 0.1) is 0 Å². The molecule has 1 fully saturated rings. The maximum absolute atomic E-state index is 13.1. The molecule has 1 aliphatic heterocycles. The second kappa shape index (κ2) is 10.7. The minimum absolute atomic E-state index is 0.0258. The Morgan fingerprint density at radius 1 is 0.921 bits per heavy atom. The van der Waals surface area contributed by atoms with Gasteiger partial charge in [0, 0.05) is 51.5 Å². The van der Waals surface area contributed by atoms with Crippen LogP contribution in [0.5, 0.6) is 5.75 Å². The number of carbonyl (C=O) groups is 1. The molecular formula is C27H28N6O4S. The van der Waals surface area contributed by atoms with Gasteiger partial charge in [-0.25, -0.2) is 14.8 Å². The second-order valence-electron chi connectivity index (χ2n) is 8.98. The van der Waals surface area contributed by atoms with Crippen molar-refractivity contribution in [2.75, 3.05) is 43.9 Å². The van der Waals surface area contributed by atoms with Gasteiger partial charge in [-0.1, -0.05) is 30.0 Å². The molecule has 4 aromatic rings. The second-order valence-corrected chi connectivity index (χ2v) is 9.94. The SMILES string of the molecule is COc1ccc(-c2nc(SCC(=O)N3CCN(c4ccccc4)CC3)c3c(=O)n(C)c(=O)n(C)c3n2)cc1. The van der Waals surface area contributed by atoms with Crippen LogP contribution in [0.1, 0.15) is 0 Å². The number of hydrogen-bond donors (Lipinski definition) is 0. The number of hydrogen-bond acceptors (Lipinski definition) is 8. The number of piperazine rings is 1. The maximum Gasteiger partial charge on any atom is 0.332 e. The smallest absolute Gasteiger partial charge is 0.332 e. The predicted octanol–water partition coefficient (Wildman–Crippen LogP) is 2.14. The van der Waals surface area contributed by atoms with Crippen molar-refractivity contribution in [2.45, 2.75) is 5.03 Å². The number of thioether (sulfide) groups is 1. The topological polar surface area (TPSA) is 103 Å². The van der Waals surface area contributed by atoms with E-state index in [4.69, 9.17) is 4.74 Å². The highest BCUT2D eigenvalue weighted by Crippen LogP contribution is 2.27. The van der Waals surface area contributed by atoms with Crippen molar-refractivity contribution in [1.29, 1.82) is 0 Å². The third-order valence-corrected chi connectivity index (χ3v) is 7.66. The summed E-state index contributed by atoms with van der Waals surface area (Å²) < 4.78 is 7.61. The first-order chi connectivity index (χ1) is 18.4. The normalized spacial score (nSPS) is 13.7. The minimum atomic E-state index is -0.490. The Hall–Kier alpha value is -4.12. The van der Waals surface area contributed by atoms with E-state index in [1.807, 2.05) is 35.2 Å². The third-order valence-electron chi connectivity index (χ3n) is 6.70. The zero-order valence-electron chi connectivity index (χ0n) is 21.5. The molecule has 0 bridgehead atoms. The summed E-state index contributed by atoms with van der Waals surface area (Å²) in [5.41, 5.74) is 1.10. The lowest BCUT2D eigenvalue weighted by Gasteiger charge is -2.36. The standard InChI is InChI=1S/C27H28N6O4S/c1-30-24-22(26(35)31(2)27(30)36)25(29-23(28-24)18-9-11-20(37-3)12-10-18)38-17-21(34)33-15-13-32(14-16-33)19-7-5-4-6-8-19/h4-12H,13-17H2,1-3H3. The lowest BCUT2D eigenvalue weighted by molar-refractivity contribution is -0.128. The van der Waals surface area contributed by atoms with Crippen molar-refractivity contribution in [1.82, 2.24) is 24.0 Å². The Kier molecular flexibility index (Phi) is 7.19. The van der Waals surface area contributed by atoms with Crippen molar-refractivity contribution >= 4 is 34.4 Å². The molecule has 1 aliphatic rings. The lowest BCUT2D eigenvalue weighted by atomic mass is 10.2. The first-order valence-corrected chi connectivity index (χ1v) is 13.2. The molecule has 10 nitrogen and oxygen atoms in total. The highest BCUT2D eigenvalue weighted by molar-refractivity contribution is 8.00. The van der Waals surface area contributed by atoms with Gasteiger partial charge in [0.25, 0.3) is 5.56 Å². The van der Waals surface area contributed by atoms with Crippen LogP contribution in [0.25, 0.3) is 22.4 Å². The molecule has 1 saturated heterocycles. The van der Waals surface area contributed by atoms with Gasteiger partial charge < -0.3 is 14.5 Å². The summed E-state index contributed by atoms with van der Waals surface area (Å²) in [7, 11) is 4.58. The van der Waals surface area contributed by atoms with Crippen LogP contribution in [0.15, 0.2) is 69.2 Å². The van der Waals surface area contributed by atoms with E-state index < -0.39 is 11.2 Å². The first kappa shape index (κ1) is 25.5. The number of methoxy groups -OCH3 is 1. The van der Waals surface area contributed by atoms with Crippen molar-refractivity contribution in [3.05, 3.63) is 75.4 Å². The molecule has 0 spiro atoms. The molecule has 0 N–H and O–H groups in total. The molecule has 0 atom stereocenters. The molecule has 0 unspecified atom stereocenters. The van der Waals surface area contributed by atoms with Crippen LogP contribution < -0.4 is 20.9 Å². The predicted molar refractivity (Wildman–Crippen MR) is 148 cm³/mol. The van der Waals surface area contributed by atoms with E-state index in [-0.39, 0.29) is 22.7 Å². The third kappa shape index (κ3) is 4.89. The molecule has 38 heavy (non-hydrogen) atoms. The summed E-state index contributed by atoms with van der Waals surface area (Å²) >= 11 is 1.19. The summed E-state index contributed by atoms with van der Waals surface area (Å²) in [4.78, 5) is 52.2. The lowest BCUT2D eigenvalue weighted by Crippen LogP contribution is -2.49. The fourth-order valence-corrected chi connectivity index (χ4v) is 5.39. The van der Waals surface area contributed by atoms with Gasteiger partial charge in [0.15, 0.2) is 11.5 Å². The van der Waals surface area contributed by atoms with Gasteiger partial charge in [0.2, 0.25) is 5.91 Å². The summed E-state index contributed by atoms with van der Waals surface area (Å²) in [5, 5.41) is 0.590. The number of amides is 1. The van der Waals surface area contributed by atoms with Crippen LogP contribution in [0.4, 0.5) is 5.69 Å². The van der Waals surface area contributed by atoms with Crippen molar-refractivity contribution in [2.24, 2.45) is 14.1 Å². The van der Waals surface area contributed by atoms with Crippen molar-refractivity contribution < 1.29 is 9.53 Å². The molecule has 2 aromatic heterocycles. The number of anilines is 1. The molecule has 11 heteroatoms. The van der Waals surface area contributed by atoms with Gasteiger partial charge >= 0.3 is 5.69 Å². The number of nitrogens with zero attached hydrogens (tertiary/aromatic N) is 6. The Labute approximate surface area is 223 Å². The maximum atomic E-state index is 13.1. The fourth-order valence-electron chi connectivity index (χ4n) is 4.48. The summed E-state index contributed by atoms with van der Waals surface area (Å²) in [6, 6.07) is 17.3. The van der Waals surface area contributed by atoms with Gasteiger partial charge in [-0.3, -0.25) is 18.7 Å². The Morgan fingerprint density at radius 2 is 1.61 bits per heavy atom. The first-order valence-electron chi connectivity index (χ1n) is 12.2. The average Bonchev–Trinajstić information content (AvgIpc) is 2.97. The molecular weight excluding hydrogens is 504 g/mol. The number of carbonyl (C=O) groups excluding carboxylic acids is 1. The van der Waals surface area contributed by atoms with Crippen molar-refractivity contribution in [3.63, 3.8) is 0 Å². The molecule has 196 valence electrons. The van der Waals surface area contributed by atoms with Gasteiger partial charge in [-0.15, -0.1) is 0 Å². The minimum Gasteiger partial charge on any atom is -0.497 e. The highest BCUT2D eigenvalue weighted by Gasteiger charge is 2.23. The van der Waals surface area contributed by atoms with Crippen LogP contribution >= 0.6 is 11.8 Å². The van der Waals surface area contributed by atoms with Gasteiger partial charge in [-0.2, -0.15) is 0 Å². The quantitative estimate of drug-likeness (QED) is 0.275. The fraction of sp³-hybridized carbons (Fsp3) is 0.296. The molecule has 0 radical (unpaired) electrons. The Balaban J connectivity index is 1.42. The molecule has 1 amide bonds. The number of ether oxygens (including phenoxy) is 1. The van der Waals surface area contributed by atoms with E-state index in [1.165, 1.54) is 23.4 Å². The van der Waals surface area contributed by atoms with Crippen LogP contribution in [0.2, 0.25) is 0 Å². The number of para-hydroxylation sites is 1. The monoisotopic (exact) mass is 532 g/mol. The van der Waals surface area contributed by atoms with Crippen LogP contribution in [-0.4, -0.2) is 69.0 Å². The Bertz CT molecular complexity index is 1590. The molecule has 3 heterocycles. The summed E-state index contributed by atoms with van der Waals surface area (Å²) in [5.74, 6) is 1.13. The molecule has 0 aliphatic carbocycles. The largest absolute Gasteiger partial charge is 0.497 e. The molecule has 0 saturated carbocycles. The van der Waals surface area contributed by atoms with E-state index in [2.05, 4.69) is 27.0 Å². The zero-order chi connectivity index (χ0) is 26.8. The van der Waals surface area contributed by atoms with Crippen LogP contribution in [-0.2, 0) is 18.9 Å². The number of benzene rings is 2. The molecule has 5 rings (SSSR count). The molecule has 2 aromatic carbocycles. The van der Waals surface area contributed by atoms with Gasteiger partial charge in [-0.05, 0) is 36.4 Å². The van der Waals surface area contributed by atoms with Crippen molar-refractivity contribution in [3.8, 4) is 17.1 Å². The van der Waals surface area contributed by atoms with Gasteiger partial charge in [0.05, 0.1) is 12.9 Å².